The first-order valence-corrected chi connectivity index (χ1v) is 8.06. The number of anilines is 1. The Balaban J connectivity index is 1.86. The Kier molecular flexibility index (Phi) is 6.06. The predicted molar refractivity (Wildman–Crippen MR) is 95.1 cm³/mol. The fourth-order valence-corrected chi connectivity index (χ4v) is 2.50. The van der Waals surface area contributed by atoms with Gasteiger partial charge < -0.3 is 4.90 Å². The van der Waals surface area contributed by atoms with Crippen molar-refractivity contribution in [2.24, 2.45) is 16.1 Å². The molecule has 128 valence electrons. The highest BCUT2D eigenvalue weighted by Crippen LogP contribution is 2.14. The maximum Gasteiger partial charge on any atom is 0.249 e. The smallest absolute Gasteiger partial charge is 0.249 e. The number of benzene rings is 1. The Bertz CT molecular complexity index is 647. The maximum atomic E-state index is 11.8. The van der Waals surface area contributed by atoms with Crippen LogP contribution >= 0.6 is 0 Å². The molecular weight excluding hydrogens is 306 g/mol. The van der Waals surface area contributed by atoms with Crippen LogP contribution in [0.25, 0.3) is 0 Å². The standard InChI is InChI=1S/C17H23N5O2/c1-4-22(5-2)14-8-6-13(7-9-14)11-18-20-16(23)10-15-12(3)19-21-17(15)24/h6-9,11,15H,4-5,10H2,1-3H3,(H,20,23)(H,21,24)/b18-11-/t15-/m0/s1. The lowest BCUT2D eigenvalue weighted by Crippen LogP contribution is -2.29. The first-order chi connectivity index (χ1) is 11.5. The van der Waals surface area contributed by atoms with Gasteiger partial charge in [0.1, 0.15) is 0 Å². The molecular formula is C17H23N5O2. The van der Waals surface area contributed by atoms with E-state index < -0.39 is 5.92 Å². The van der Waals surface area contributed by atoms with Gasteiger partial charge in [0.25, 0.3) is 0 Å². The molecule has 0 aromatic heterocycles. The van der Waals surface area contributed by atoms with Crippen LogP contribution in [0.2, 0.25) is 0 Å². The van der Waals surface area contributed by atoms with Crippen molar-refractivity contribution in [1.82, 2.24) is 10.9 Å². The zero-order valence-electron chi connectivity index (χ0n) is 14.2. The van der Waals surface area contributed by atoms with E-state index in [1.54, 1.807) is 13.1 Å². The molecule has 2 N–H and O–H groups in total. The molecule has 0 unspecified atom stereocenters. The van der Waals surface area contributed by atoms with E-state index in [1.807, 2.05) is 24.3 Å². The van der Waals surface area contributed by atoms with Gasteiger partial charge in [-0.15, -0.1) is 0 Å². The van der Waals surface area contributed by atoms with E-state index in [2.05, 4.69) is 39.8 Å². The Hall–Kier alpha value is -2.70. The summed E-state index contributed by atoms with van der Waals surface area (Å²) in [4.78, 5) is 25.6. The minimum Gasteiger partial charge on any atom is -0.372 e. The summed E-state index contributed by atoms with van der Waals surface area (Å²) >= 11 is 0. The van der Waals surface area contributed by atoms with Gasteiger partial charge in [-0.1, -0.05) is 12.1 Å². The van der Waals surface area contributed by atoms with Crippen molar-refractivity contribution in [3.8, 4) is 0 Å². The average molecular weight is 329 g/mol. The number of carbonyl (C=O) groups excluding carboxylic acids is 2. The summed E-state index contributed by atoms with van der Waals surface area (Å²) in [6.07, 6.45) is 1.62. The molecule has 2 rings (SSSR count). The van der Waals surface area contributed by atoms with Crippen molar-refractivity contribution in [3.05, 3.63) is 29.8 Å². The van der Waals surface area contributed by atoms with Gasteiger partial charge in [0.05, 0.1) is 12.1 Å². The zero-order chi connectivity index (χ0) is 17.5. The highest BCUT2D eigenvalue weighted by Gasteiger charge is 2.28. The van der Waals surface area contributed by atoms with E-state index in [0.717, 1.165) is 24.3 Å². The molecule has 1 heterocycles. The molecule has 0 spiro atoms. The molecule has 7 heteroatoms. The number of hydrogen-bond donors (Lipinski definition) is 2. The summed E-state index contributed by atoms with van der Waals surface area (Å²) in [6.45, 7) is 7.86. The molecule has 1 aromatic rings. The predicted octanol–water partition coefficient (Wildman–Crippen LogP) is 1.49. The van der Waals surface area contributed by atoms with Gasteiger partial charge in [0.15, 0.2) is 0 Å². The summed E-state index contributed by atoms with van der Waals surface area (Å²) in [7, 11) is 0. The molecule has 1 aliphatic rings. The number of amides is 2. The molecule has 2 amide bonds. The van der Waals surface area contributed by atoms with Crippen LogP contribution in [0.3, 0.4) is 0 Å². The van der Waals surface area contributed by atoms with Crippen LogP contribution in [0.5, 0.6) is 0 Å². The third-order valence-corrected chi connectivity index (χ3v) is 3.98. The van der Waals surface area contributed by atoms with Crippen LogP contribution < -0.4 is 15.8 Å². The highest BCUT2D eigenvalue weighted by molar-refractivity contribution is 6.09. The van der Waals surface area contributed by atoms with Crippen LogP contribution in [-0.4, -0.2) is 36.8 Å². The van der Waals surface area contributed by atoms with Crippen molar-refractivity contribution >= 4 is 29.4 Å². The van der Waals surface area contributed by atoms with Gasteiger partial charge >= 0.3 is 0 Å². The van der Waals surface area contributed by atoms with Gasteiger partial charge in [0.2, 0.25) is 11.8 Å². The number of hydrogen-bond acceptors (Lipinski definition) is 5. The second kappa shape index (κ2) is 8.24. The lowest BCUT2D eigenvalue weighted by molar-refractivity contribution is -0.127. The van der Waals surface area contributed by atoms with E-state index in [9.17, 15) is 9.59 Å². The molecule has 0 saturated carbocycles. The number of rotatable bonds is 7. The van der Waals surface area contributed by atoms with Crippen LogP contribution in [0, 0.1) is 5.92 Å². The van der Waals surface area contributed by atoms with E-state index in [0.29, 0.717) is 5.71 Å². The summed E-state index contributed by atoms with van der Waals surface area (Å²) in [6, 6.07) is 7.95. The highest BCUT2D eigenvalue weighted by atomic mass is 16.2. The molecule has 0 bridgehead atoms. The molecule has 24 heavy (non-hydrogen) atoms. The molecule has 7 nitrogen and oxygen atoms in total. The Morgan fingerprint density at radius 3 is 2.54 bits per heavy atom. The normalized spacial score (nSPS) is 16.9. The molecule has 0 aliphatic carbocycles. The third kappa shape index (κ3) is 4.41. The lowest BCUT2D eigenvalue weighted by Gasteiger charge is -2.20. The quantitative estimate of drug-likeness (QED) is 0.587. The van der Waals surface area contributed by atoms with E-state index in [-0.39, 0.29) is 18.2 Å². The summed E-state index contributed by atoms with van der Waals surface area (Å²) in [5.74, 6) is -1.07. The summed E-state index contributed by atoms with van der Waals surface area (Å²) in [5, 5.41) is 7.75. The minimum atomic E-state index is -0.506. The molecule has 0 radical (unpaired) electrons. The van der Waals surface area contributed by atoms with Gasteiger partial charge in [-0.2, -0.15) is 10.2 Å². The summed E-state index contributed by atoms with van der Waals surface area (Å²) in [5.41, 5.74) is 7.46. The SMILES string of the molecule is CCN(CC)c1ccc(/C=N\NC(=O)C[C@@H]2C(=O)NN=C2C)cc1. The Morgan fingerprint density at radius 1 is 1.33 bits per heavy atom. The van der Waals surface area contributed by atoms with Crippen molar-refractivity contribution in [3.63, 3.8) is 0 Å². The van der Waals surface area contributed by atoms with E-state index in [1.165, 1.54) is 0 Å². The fourth-order valence-electron chi connectivity index (χ4n) is 2.50. The van der Waals surface area contributed by atoms with Crippen LogP contribution in [0.4, 0.5) is 5.69 Å². The largest absolute Gasteiger partial charge is 0.372 e. The molecule has 1 aromatic carbocycles. The average Bonchev–Trinajstić information content (AvgIpc) is 2.89. The second-order valence-corrected chi connectivity index (χ2v) is 5.54. The van der Waals surface area contributed by atoms with Crippen LogP contribution in [0.1, 0.15) is 32.8 Å². The first-order valence-electron chi connectivity index (χ1n) is 8.06. The van der Waals surface area contributed by atoms with E-state index in [4.69, 9.17) is 0 Å². The Labute approximate surface area is 141 Å². The zero-order valence-corrected chi connectivity index (χ0v) is 14.2. The van der Waals surface area contributed by atoms with Crippen LogP contribution in [-0.2, 0) is 9.59 Å². The summed E-state index contributed by atoms with van der Waals surface area (Å²) < 4.78 is 0. The lowest BCUT2D eigenvalue weighted by atomic mass is 10.0. The molecule has 1 aliphatic heterocycles. The number of nitrogens with zero attached hydrogens (tertiary/aromatic N) is 3. The number of nitrogens with one attached hydrogen (secondary N) is 2. The van der Waals surface area contributed by atoms with Gasteiger partial charge in [0, 0.05) is 30.9 Å². The van der Waals surface area contributed by atoms with Crippen molar-refractivity contribution in [1.29, 1.82) is 0 Å². The molecule has 0 saturated heterocycles. The first kappa shape index (κ1) is 17.7. The second-order valence-electron chi connectivity index (χ2n) is 5.54. The van der Waals surface area contributed by atoms with Crippen molar-refractivity contribution in [2.45, 2.75) is 27.2 Å². The van der Waals surface area contributed by atoms with Crippen molar-refractivity contribution < 1.29 is 9.59 Å². The van der Waals surface area contributed by atoms with Gasteiger partial charge in [-0.25, -0.2) is 10.9 Å². The monoisotopic (exact) mass is 329 g/mol. The molecule has 0 fully saturated rings. The third-order valence-electron chi connectivity index (χ3n) is 3.98. The maximum absolute atomic E-state index is 11.8. The van der Waals surface area contributed by atoms with Crippen molar-refractivity contribution in [2.75, 3.05) is 18.0 Å². The van der Waals surface area contributed by atoms with Crippen LogP contribution in [0.15, 0.2) is 34.5 Å². The molecule has 1 atom stereocenters. The fraction of sp³-hybridized carbons (Fsp3) is 0.412. The van der Waals surface area contributed by atoms with E-state index >= 15 is 0 Å². The van der Waals surface area contributed by atoms with Gasteiger partial charge in [-0.3, -0.25) is 9.59 Å². The Morgan fingerprint density at radius 2 is 2.00 bits per heavy atom. The number of carbonyl (C=O) groups is 2. The van der Waals surface area contributed by atoms with Gasteiger partial charge in [-0.05, 0) is 38.5 Å². The minimum absolute atomic E-state index is 0.0411. The number of hydrazone groups is 2. The topological polar surface area (TPSA) is 86.2 Å².